The Kier molecular flexibility index (Phi) is 4.53. The highest BCUT2D eigenvalue weighted by molar-refractivity contribution is 5.71. The Morgan fingerprint density at radius 1 is 1.50 bits per heavy atom. The van der Waals surface area contributed by atoms with Crippen LogP contribution in [0.25, 0.3) is 0 Å². The lowest BCUT2D eigenvalue weighted by Gasteiger charge is -1.96. The quantitative estimate of drug-likeness (QED) is 0.498. The second-order valence-corrected chi connectivity index (χ2v) is 2.28. The van der Waals surface area contributed by atoms with Crippen molar-refractivity contribution in [3.8, 4) is 0 Å². The smallest absolute Gasteiger partial charge is 0.307 e. The van der Waals surface area contributed by atoms with E-state index in [1.165, 1.54) is 6.08 Å². The van der Waals surface area contributed by atoms with Gasteiger partial charge < -0.3 is 10.2 Å². The van der Waals surface area contributed by atoms with E-state index >= 15 is 0 Å². The Balaban J connectivity index is 4.43. The molecule has 3 nitrogen and oxygen atoms in total. The first kappa shape index (κ1) is 10.5. The van der Waals surface area contributed by atoms with E-state index in [2.05, 4.69) is 6.58 Å². The molecule has 0 spiro atoms. The molecule has 0 saturated heterocycles. The summed E-state index contributed by atoms with van der Waals surface area (Å²) in [5.74, 6) is -1.06. The van der Waals surface area contributed by atoms with E-state index in [0.29, 0.717) is 5.57 Å². The molecule has 0 aliphatic carbocycles. The molecule has 0 heterocycles. The van der Waals surface area contributed by atoms with Crippen LogP contribution in [0.5, 0.6) is 0 Å². The third-order valence-corrected chi connectivity index (χ3v) is 1.09. The summed E-state index contributed by atoms with van der Waals surface area (Å²) in [6.45, 7) is 5.01. The van der Waals surface area contributed by atoms with Crippen LogP contribution < -0.4 is 0 Å². The molecule has 0 saturated carbocycles. The summed E-state index contributed by atoms with van der Waals surface area (Å²) < 4.78 is 0. The van der Waals surface area contributed by atoms with E-state index in [9.17, 15) is 4.79 Å². The van der Waals surface area contributed by atoms with Gasteiger partial charge in [0.2, 0.25) is 0 Å². The minimum atomic E-state index is -0.930. The number of hydrogen-bond donors (Lipinski definition) is 2. The standard InChI is InChI=1S/C9H12O3/c1-3-4-8(5-7(2)10)6-9(11)12/h3-5,10H,2,6H2,1H3,(H,11,12)/b4-3-,8-5+. The van der Waals surface area contributed by atoms with E-state index < -0.39 is 5.97 Å². The average Bonchev–Trinajstić information content (AvgIpc) is 1.84. The first-order valence-corrected chi connectivity index (χ1v) is 3.49. The Morgan fingerprint density at radius 3 is 2.42 bits per heavy atom. The lowest BCUT2D eigenvalue weighted by Crippen LogP contribution is -1.95. The molecular weight excluding hydrogens is 156 g/mol. The van der Waals surface area contributed by atoms with Crippen molar-refractivity contribution in [2.75, 3.05) is 0 Å². The predicted octanol–water partition coefficient (Wildman–Crippen LogP) is 2.04. The maximum atomic E-state index is 10.3. The number of aliphatic carboxylic acids is 1. The van der Waals surface area contributed by atoms with E-state index in [1.54, 1.807) is 19.1 Å². The van der Waals surface area contributed by atoms with Gasteiger partial charge in [-0.3, -0.25) is 4.79 Å². The molecule has 0 aromatic carbocycles. The lowest BCUT2D eigenvalue weighted by molar-refractivity contribution is -0.136. The highest BCUT2D eigenvalue weighted by atomic mass is 16.4. The number of allylic oxidation sites excluding steroid dienone is 3. The summed E-state index contributed by atoms with van der Waals surface area (Å²) in [5, 5.41) is 17.2. The summed E-state index contributed by atoms with van der Waals surface area (Å²) in [6.07, 6.45) is 4.55. The molecule has 0 radical (unpaired) electrons. The van der Waals surface area contributed by atoms with Crippen molar-refractivity contribution in [2.24, 2.45) is 0 Å². The van der Waals surface area contributed by atoms with Crippen molar-refractivity contribution >= 4 is 5.97 Å². The summed E-state index contributed by atoms with van der Waals surface area (Å²) in [6, 6.07) is 0. The van der Waals surface area contributed by atoms with Gasteiger partial charge in [0.25, 0.3) is 0 Å². The fourth-order valence-corrected chi connectivity index (χ4v) is 0.761. The van der Waals surface area contributed by atoms with Gasteiger partial charge in [-0.25, -0.2) is 0 Å². The van der Waals surface area contributed by atoms with Crippen LogP contribution >= 0.6 is 0 Å². The normalized spacial score (nSPS) is 11.9. The van der Waals surface area contributed by atoms with Crippen LogP contribution in [0.1, 0.15) is 13.3 Å². The van der Waals surface area contributed by atoms with Gasteiger partial charge in [-0.05, 0) is 18.6 Å². The fraction of sp³-hybridized carbons (Fsp3) is 0.222. The summed E-state index contributed by atoms with van der Waals surface area (Å²) >= 11 is 0. The molecule has 3 heteroatoms. The third kappa shape index (κ3) is 5.29. The van der Waals surface area contributed by atoms with Gasteiger partial charge in [0.15, 0.2) is 0 Å². The van der Waals surface area contributed by atoms with Crippen molar-refractivity contribution in [3.63, 3.8) is 0 Å². The van der Waals surface area contributed by atoms with Crippen LogP contribution in [0.2, 0.25) is 0 Å². The molecule has 0 amide bonds. The fourth-order valence-electron chi connectivity index (χ4n) is 0.761. The minimum Gasteiger partial charge on any atom is -0.509 e. The van der Waals surface area contributed by atoms with Gasteiger partial charge in [-0.2, -0.15) is 0 Å². The van der Waals surface area contributed by atoms with Crippen LogP contribution in [0.4, 0.5) is 0 Å². The number of aliphatic hydroxyl groups excluding tert-OH is 1. The summed E-state index contributed by atoms with van der Waals surface area (Å²) in [5.41, 5.74) is 0.525. The van der Waals surface area contributed by atoms with Gasteiger partial charge in [0.1, 0.15) is 5.76 Å². The number of carboxylic acid groups (broad SMARTS) is 1. The molecule has 0 aliphatic heterocycles. The Morgan fingerprint density at radius 2 is 2.08 bits per heavy atom. The zero-order valence-corrected chi connectivity index (χ0v) is 6.95. The minimum absolute atomic E-state index is 0.107. The molecule has 0 aliphatic rings. The maximum Gasteiger partial charge on any atom is 0.307 e. The molecule has 0 rings (SSSR count). The van der Waals surface area contributed by atoms with E-state index in [0.717, 1.165) is 0 Å². The molecule has 2 N–H and O–H groups in total. The molecular formula is C9H12O3. The Labute approximate surface area is 71.3 Å². The Bertz CT molecular complexity index is 236. The van der Waals surface area contributed by atoms with Crippen molar-refractivity contribution in [1.29, 1.82) is 0 Å². The number of hydrogen-bond acceptors (Lipinski definition) is 2. The summed E-state index contributed by atoms with van der Waals surface area (Å²) in [7, 11) is 0. The predicted molar refractivity (Wildman–Crippen MR) is 46.9 cm³/mol. The Hall–Kier alpha value is -1.51. The molecule has 0 aromatic heterocycles. The van der Waals surface area contributed by atoms with E-state index in [-0.39, 0.29) is 12.2 Å². The monoisotopic (exact) mass is 168 g/mol. The SMILES string of the molecule is C=C(O)/C=C(\C=C/C)CC(=O)O. The first-order chi connectivity index (χ1) is 5.56. The second-order valence-electron chi connectivity index (χ2n) is 2.28. The molecule has 0 fully saturated rings. The lowest BCUT2D eigenvalue weighted by atomic mass is 10.1. The van der Waals surface area contributed by atoms with Crippen LogP contribution in [0.3, 0.4) is 0 Å². The molecule has 0 aromatic rings. The van der Waals surface area contributed by atoms with Crippen molar-refractivity contribution in [2.45, 2.75) is 13.3 Å². The molecule has 0 bridgehead atoms. The topological polar surface area (TPSA) is 57.5 Å². The van der Waals surface area contributed by atoms with Gasteiger partial charge in [-0.1, -0.05) is 18.7 Å². The largest absolute Gasteiger partial charge is 0.509 e. The molecule has 66 valence electrons. The zero-order chi connectivity index (χ0) is 9.56. The average molecular weight is 168 g/mol. The van der Waals surface area contributed by atoms with E-state index in [1.807, 2.05) is 0 Å². The summed E-state index contributed by atoms with van der Waals surface area (Å²) in [4.78, 5) is 10.3. The molecule has 12 heavy (non-hydrogen) atoms. The zero-order valence-electron chi connectivity index (χ0n) is 6.95. The molecule has 0 atom stereocenters. The van der Waals surface area contributed by atoms with Crippen molar-refractivity contribution < 1.29 is 15.0 Å². The van der Waals surface area contributed by atoms with Gasteiger partial charge in [-0.15, -0.1) is 0 Å². The highest BCUT2D eigenvalue weighted by Gasteiger charge is 2.00. The first-order valence-electron chi connectivity index (χ1n) is 3.49. The van der Waals surface area contributed by atoms with Crippen LogP contribution in [-0.2, 0) is 4.79 Å². The van der Waals surface area contributed by atoms with Gasteiger partial charge >= 0.3 is 5.97 Å². The van der Waals surface area contributed by atoms with Gasteiger partial charge in [0.05, 0.1) is 6.42 Å². The van der Waals surface area contributed by atoms with Crippen molar-refractivity contribution in [3.05, 3.63) is 36.1 Å². The highest BCUT2D eigenvalue weighted by Crippen LogP contribution is 2.05. The number of rotatable bonds is 4. The van der Waals surface area contributed by atoms with Gasteiger partial charge in [0, 0.05) is 0 Å². The molecule has 0 unspecified atom stereocenters. The second kappa shape index (κ2) is 5.18. The van der Waals surface area contributed by atoms with Crippen molar-refractivity contribution in [1.82, 2.24) is 0 Å². The van der Waals surface area contributed by atoms with Crippen LogP contribution in [0, 0.1) is 0 Å². The number of carbonyl (C=O) groups is 1. The van der Waals surface area contributed by atoms with E-state index in [4.69, 9.17) is 10.2 Å². The third-order valence-electron chi connectivity index (χ3n) is 1.09. The van der Waals surface area contributed by atoms with Crippen LogP contribution in [-0.4, -0.2) is 16.2 Å². The number of aliphatic hydroxyl groups is 1. The maximum absolute atomic E-state index is 10.3. The van der Waals surface area contributed by atoms with Crippen LogP contribution in [0.15, 0.2) is 36.1 Å². The number of carboxylic acids is 1.